The first-order chi connectivity index (χ1) is 12.5. The number of carbonyl (C=O) groups is 6. The molecule has 0 aromatic rings. The normalized spacial score (nSPS) is 12.6. The lowest BCUT2D eigenvalue weighted by atomic mass is 9.98. The third kappa shape index (κ3) is 12.1. The Bertz CT molecular complexity index is 531. The molecular weight excluding hydrogens is 368 g/mol. The van der Waals surface area contributed by atoms with Gasteiger partial charge in [-0.1, -0.05) is 0 Å². The van der Waals surface area contributed by atoms with Crippen molar-refractivity contribution in [3.8, 4) is 0 Å². The monoisotopic (exact) mass is 390 g/mol. The zero-order chi connectivity index (χ0) is 21.0. The first-order valence-electron chi connectivity index (χ1n) is 8.15. The van der Waals surface area contributed by atoms with Crippen molar-refractivity contribution in [2.75, 3.05) is 0 Å². The second-order valence-corrected chi connectivity index (χ2v) is 5.90. The van der Waals surface area contributed by atoms with Crippen LogP contribution in [0.25, 0.3) is 0 Å². The van der Waals surface area contributed by atoms with E-state index in [0.29, 0.717) is 0 Å². The molecule has 2 unspecified atom stereocenters. The molecule has 0 saturated heterocycles. The fourth-order valence-electron chi connectivity index (χ4n) is 2.24. The third-order valence-electron chi connectivity index (χ3n) is 3.64. The molecule has 11 heteroatoms. The Morgan fingerprint density at radius 2 is 0.963 bits per heavy atom. The lowest BCUT2D eigenvalue weighted by molar-refractivity contribution is -0.164. The van der Waals surface area contributed by atoms with Crippen LogP contribution in [0.15, 0.2) is 0 Å². The van der Waals surface area contributed by atoms with E-state index in [2.05, 4.69) is 4.74 Å². The molecular formula is C16H22O11. The Hall–Kier alpha value is -2.98. The van der Waals surface area contributed by atoms with Crippen LogP contribution in [-0.2, 0) is 33.5 Å². The molecule has 0 aliphatic rings. The van der Waals surface area contributed by atoms with Gasteiger partial charge < -0.3 is 25.2 Å². The summed E-state index contributed by atoms with van der Waals surface area (Å²) in [4.78, 5) is 66.3. The molecule has 0 bridgehead atoms. The van der Waals surface area contributed by atoms with Crippen LogP contribution < -0.4 is 0 Å². The molecule has 152 valence electrons. The summed E-state index contributed by atoms with van der Waals surface area (Å²) >= 11 is 0. The van der Waals surface area contributed by atoms with Gasteiger partial charge in [-0.25, -0.2) is 0 Å². The van der Waals surface area contributed by atoms with Crippen LogP contribution in [-0.4, -0.2) is 56.2 Å². The van der Waals surface area contributed by atoms with Gasteiger partial charge in [-0.15, -0.1) is 0 Å². The maximum absolute atomic E-state index is 11.7. The molecule has 27 heavy (non-hydrogen) atoms. The highest BCUT2D eigenvalue weighted by molar-refractivity contribution is 5.89. The number of aliphatic carboxylic acids is 4. The van der Waals surface area contributed by atoms with Gasteiger partial charge in [-0.3, -0.25) is 28.8 Å². The molecule has 0 saturated carbocycles. The van der Waals surface area contributed by atoms with Crippen molar-refractivity contribution < 1.29 is 53.9 Å². The van der Waals surface area contributed by atoms with Crippen molar-refractivity contribution in [1.82, 2.24) is 0 Å². The minimum absolute atomic E-state index is 0.0260. The number of hydrogen-bond donors (Lipinski definition) is 4. The highest BCUT2D eigenvalue weighted by Crippen LogP contribution is 2.17. The summed E-state index contributed by atoms with van der Waals surface area (Å²) in [6, 6.07) is 0. The summed E-state index contributed by atoms with van der Waals surface area (Å²) in [6.07, 6.45) is -2.00. The van der Waals surface area contributed by atoms with Gasteiger partial charge in [0.2, 0.25) is 0 Å². The van der Waals surface area contributed by atoms with Gasteiger partial charge in [0, 0.05) is 12.8 Å². The molecule has 2 atom stereocenters. The van der Waals surface area contributed by atoms with Crippen molar-refractivity contribution in [3.05, 3.63) is 0 Å². The standard InChI is InChI=1S/C16H22O11/c17-11(18)5-1-3-9(15(23)24)7-13(21)27-14(22)8-10(16(25)26)4-2-6-12(19)20/h9-10H,1-8H2,(H,17,18)(H,19,20)(H,23,24)(H,25,26). The fourth-order valence-corrected chi connectivity index (χ4v) is 2.24. The molecule has 0 aliphatic carbocycles. The van der Waals surface area contributed by atoms with Gasteiger partial charge in [-0.2, -0.15) is 0 Å². The van der Waals surface area contributed by atoms with Crippen LogP contribution in [0.3, 0.4) is 0 Å². The summed E-state index contributed by atoms with van der Waals surface area (Å²) in [7, 11) is 0. The quantitative estimate of drug-likeness (QED) is 0.241. The number of rotatable bonds is 14. The summed E-state index contributed by atoms with van der Waals surface area (Å²) < 4.78 is 4.43. The van der Waals surface area contributed by atoms with Gasteiger partial charge in [-0.05, 0) is 25.7 Å². The van der Waals surface area contributed by atoms with Crippen molar-refractivity contribution in [1.29, 1.82) is 0 Å². The van der Waals surface area contributed by atoms with E-state index in [0.717, 1.165) is 0 Å². The molecule has 0 radical (unpaired) electrons. The number of carboxylic acid groups (broad SMARTS) is 4. The first-order valence-corrected chi connectivity index (χ1v) is 8.15. The molecule has 0 aromatic carbocycles. The molecule has 0 heterocycles. The smallest absolute Gasteiger partial charge is 0.314 e. The Morgan fingerprint density at radius 1 is 0.630 bits per heavy atom. The van der Waals surface area contributed by atoms with E-state index >= 15 is 0 Å². The van der Waals surface area contributed by atoms with Crippen molar-refractivity contribution in [2.24, 2.45) is 11.8 Å². The van der Waals surface area contributed by atoms with Crippen molar-refractivity contribution >= 4 is 35.8 Å². The SMILES string of the molecule is O=C(O)CCCC(CC(=O)OC(=O)CC(CCCC(=O)O)C(=O)O)C(=O)O. The maximum Gasteiger partial charge on any atom is 0.314 e. The van der Waals surface area contributed by atoms with Crippen molar-refractivity contribution in [3.63, 3.8) is 0 Å². The van der Waals surface area contributed by atoms with Crippen LogP contribution in [0, 0.1) is 11.8 Å². The third-order valence-corrected chi connectivity index (χ3v) is 3.64. The average molecular weight is 390 g/mol. The van der Waals surface area contributed by atoms with E-state index in [1.165, 1.54) is 0 Å². The van der Waals surface area contributed by atoms with E-state index in [1.807, 2.05) is 0 Å². The molecule has 11 nitrogen and oxygen atoms in total. The average Bonchev–Trinajstić information content (AvgIpc) is 2.51. The van der Waals surface area contributed by atoms with Gasteiger partial charge in [0.25, 0.3) is 0 Å². The van der Waals surface area contributed by atoms with E-state index in [9.17, 15) is 28.8 Å². The van der Waals surface area contributed by atoms with Gasteiger partial charge in [0.05, 0.1) is 24.7 Å². The second-order valence-electron chi connectivity index (χ2n) is 5.90. The summed E-state index contributed by atoms with van der Waals surface area (Å²) in [5, 5.41) is 35.1. The number of hydrogen-bond acceptors (Lipinski definition) is 7. The Labute approximate surface area is 153 Å². The Morgan fingerprint density at radius 3 is 1.22 bits per heavy atom. The molecule has 0 aliphatic heterocycles. The van der Waals surface area contributed by atoms with E-state index in [4.69, 9.17) is 20.4 Å². The topological polar surface area (TPSA) is 193 Å². The number of esters is 2. The molecule has 0 fully saturated rings. The van der Waals surface area contributed by atoms with Gasteiger partial charge in [0.15, 0.2) is 0 Å². The summed E-state index contributed by atoms with van der Waals surface area (Å²) in [5.41, 5.74) is 0. The van der Waals surface area contributed by atoms with Crippen LogP contribution in [0.5, 0.6) is 0 Å². The molecule has 0 amide bonds. The summed E-state index contributed by atoms with van der Waals surface area (Å²) in [5.74, 6) is -9.68. The van der Waals surface area contributed by atoms with E-state index in [-0.39, 0.29) is 38.5 Å². The largest absolute Gasteiger partial charge is 0.481 e. The van der Waals surface area contributed by atoms with Gasteiger partial charge >= 0.3 is 35.8 Å². The minimum atomic E-state index is -1.35. The van der Waals surface area contributed by atoms with Crippen LogP contribution in [0.2, 0.25) is 0 Å². The highest BCUT2D eigenvalue weighted by atomic mass is 16.6. The van der Waals surface area contributed by atoms with Crippen LogP contribution in [0.4, 0.5) is 0 Å². The first kappa shape index (κ1) is 24.0. The van der Waals surface area contributed by atoms with E-state index < -0.39 is 60.5 Å². The molecule has 0 rings (SSSR count). The fraction of sp³-hybridized carbons (Fsp3) is 0.625. The zero-order valence-corrected chi connectivity index (χ0v) is 14.5. The highest BCUT2D eigenvalue weighted by Gasteiger charge is 2.26. The van der Waals surface area contributed by atoms with Crippen molar-refractivity contribution in [2.45, 2.75) is 51.4 Å². The van der Waals surface area contributed by atoms with Crippen LogP contribution >= 0.6 is 0 Å². The predicted octanol–water partition coefficient (Wildman–Crippen LogP) is 0.748. The lowest BCUT2D eigenvalue weighted by Gasteiger charge is -2.12. The maximum atomic E-state index is 11.7. The summed E-state index contributed by atoms with van der Waals surface area (Å²) in [6.45, 7) is 0. The number of carboxylic acids is 4. The zero-order valence-electron chi connectivity index (χ0n) is 14.5. The van der Waals surface area contributed by atoms with E-state index in [1.54, 1.807) is 0 Å². The number of ether oxygens (including phenoxy) is 1. The Kier molecular flexibility index (Phi) is 11.0. The lowest BCUT2D eigenvalue weighted by Crippen LogP contribution is -2.24. The van der Waals surface area contributed by atoms with Gasteiger partial charge in [0.1, 0.15) is 0 Å². The molecule has 4 N–H and O–H groups in total. The van der Waals surface area contributed by atoms with Crippen LogP contribution in [0.1, 0.15) is 51.4 Å². The minimum Gasteiger partial charge on any atom is -0.481 e. The Balaban J connectivity index is 4.51. The molecule has 0 spiro atoms. The number of carbonyl (C=O) groups excluding carboxylic acids is 2. The second kappa shape index (κ2) is 12.4. The molecule has 0 aromatic heterocycles. The predicted molar refractivity (Wildman–Crippen MR) is 85.6 cm³/mol.